The predicted molar refractivity (Wildman–Crippen MR) is 169 cm³/mol. The minimum Gasteiger partial charge on any atom is -0.490 e. The molecule has 10 heteroatoms. The van der Waals surface area contributed by atoms with E-state index >= 15 is 0 Å². The molecule has 5 rings (SSSR count). The lowest BCUT2D eigenvalue weighted by Crippen LogP contribution is -2.37. The summed E-state index contributed by atoms with van der Waals surface area (Å²) in [6.07, 6.45) is 3.30. The van der Waals surface area contributed by atoms with Gasteiger partial charge in [0.05, 0.1) is 29.4 Å². The summed E-state index contributed by atoms with van der Waals surface area (Å²) in [5.41, 5.74) is 3.56. The Morgan fingerprint density at radius 2 is 1.73 bits per heavy atom. The molecule has 2 heterocycles. The van der Waals surface area contributed by atoms with E-state index in [4.69, 9.17) is 21.4 Å². The molecule has 3 aromatic carbocycles. The number of aliphatic carboxylic acids is 1. The number of nitrogens with zero attached hydrogens (tertiary/aromatic N) is 3. The van der Waals surface area contributed by atoms with Gasteiger partial charge in [-0.1, -0.05) is 23.7 Å². The quantitative estimate of drug-likeness (QED) is 0.209. The summed E-state index contributed by atoms with van der Waals surface area (Å²) in [4.78, 5) is 26.7. The number of hydrogen-bond donors (Lipinski definition) is 2. The van der Waals surface area contributed by atoms with Gasteiger partial charge in [0.15, 0.2) is 0 Å². The number of nitrogens with one attached hydrogen (secondary N) is 1. The van der Waals surface area contributed by atoms with E-state index in [1.165, 1.54) is 12.1 Å². The molecule has 0 unspecified atom stereocenters. The van der Waals surface area contributed by atoms with Crippen LogP contribution in [0.15, 0.2) is 72.9 Å². The van der Waals surface area contributed by atoms with Crippen molar-refractivity contribution in [1.29, 1.82) is 0 Å². The van der Waals surface area contributed by atoms with Crippen LogP contribution in [0.3, 0.4) is 0 Å². The lowest BCUT2D eigenvalue weighted by atomic mass is 10.0. The zero-order chi connectivity index (χ0) is 31.4. The monoisotopic (exact) mass is 618 g/mol. The molecule has 44 heavy (non-hydrogen) atoms. The molecule has 0 aliphatic carbocycles. The summed E-state index contributed by atoms with van der Waals surface area (Å²) in [6.45, 7) is 8.26. The zero-order valence-corrected chi connectivity index (χ0v) is 25.8. The van der Waals surface area contributed by atoms with Crippen molar-refractivity contribution >= 4 is 29.2 Å². The van der Waals surface area contributed by atoms with Gasteiger partial charge in [-0.05, 0) is 99.3 Å². The number of hydrogen-bond acceptors (Lipinski definition) is 5. The molecule has 1 fully saturated rings. The van der Waals surface area contributed by atoms with Gasteiger partial charge in [-0.3, -0.25) is 19.2 Å². The van der Waals surface area contributed by atoms with Crippen molar-refractivity contribution in [2.75, 3.05) is 18.4 Å². The number of amides is 1. The van der Waals surface area contributed by atoms with Gasteiger partial charge in [0, 0.05) is 35.9 Å². The summed E-state index contributed by atoms with van der Waals surface area (Å²) >= 11 is 6.58. The van der Waals surface area contributed by atoms with Crippen LogP contribution in [-0.4, -0.2) is 50.9 Å². The highest BCUT2D eigenvalue weighted by Crippen LogP contribution is 2.31. The second kappa shape index (κ2) is 13.2. The molecule has 1 saturated heterocycles. The molecule has 1 aliphatic rings. The summed E-state index contributed by atoms with van der Waals surface area (Å²) in [7, 11) is 0. The van der Waals surface area contributed by atoms with Gasteiger partial charge in [0.2, 0.25) is 0 Å². The van der Waals surface area contributed by atoms with Gasteiger partial charge >= 0.3 is 5.97 Å². The lowest BCUT2D eigenvalue weighted by Gasteiger charge is -2.32. The number of piperidine rings is 1. The van der Waals surface area contributed by atoms with Crippen LogP contribution in [0.1, 0.15) is 55.1 Å². The molecule has 4 aromatic rings. The molecular weight excluding hydrogens is 583 g/mol. The summed E-state index contributed by atoms with van der Waals surface area (Å²) in [5, 5.41) is 17.1. The van der Waals surface area contributed by atoms with Gasteiger partial charge in [-0.15, -0.1) is 0 Å². The second-order valence-electron chi connectivity index (χ2n) is 12.1. The third-order valence-electron chi connectivity index (χ3n) is 7.58. The van der Waals surface area contributed by atoms with E-state index in [2.05, 4.69) is 15.3 Å². The van der Waals surface area contributed by atoms with E-state index in [0.29, 0.717) is 34.1 Å². The predicted octanol–water partition coefficient (Wildman–Crippen LogP) is 7.02. The van der Waals surface area contributed by atoms with Crippen molar-refractivity contribution < 1.29 is 23.8 Å². The zero-order valence-electron chi connectivity index (χ0n) is 25.0. The van der Waals surface area contributed by atoms with Gasteiger partial charge in [0.25, 0.3) is 5.91 Å². The first-order valence-corrected chi connectivity index (χ1v) is 15.0. The van der Waals surface area contributed by atoms with Crippen LogP contribution in [0.25, 0.3) is 11.3 Å². The first-order chi connectivity index (χ1) is 21.0. The average Bonchev–Trinajstić information content (AvgIpc) is 3.43. The maximum absolute atomic E-state index is 13.7. The maximum Gasteiger partial charge on any atom is 0.307 e. The molecule has 0 spiro atoms. The first kappa shape index (κ1) is 31.2. The Balaban J connectivity index is 1.23. The SMILES string of the molecule is CC(C)(C)n1ncc(C(=O)Nc2ccc(Cl)c(CN3CCC(Oc4ccc(CC(=O)O)cc4)CC3)c2)c1-c1ccc(F)cc1. The number of aromatic nitrogens is 2. The van der Waals surface area contributed by atoms with Crippen LogP contribution in [0, 0.1) is 5.82 Å². The highest BCUT2D eigenvalue weighted by molar-refractivity contribution is 6.31. The molecule has 0 atom stereocenters. The highest BCUT2D eigenvalue weighted by atomic mass is 35.5. The number of carbonyl (C=O) groups is 2. The van der Waals surface area contributed by atoms with Gasteiger partial charge < -0.3 is 15.2 Å². The minimum atomic E-state index is -0.858. The van der Waals surface area contributed by atoms with Crippen molar-refractivity contribution in [2.45, 2.75) is 58.2 Å². The molecule has 0 bridgehead atoms. The molecule has 230 valence electrons. The summed E-state index contributed by atoms with van der Waals surface area (Å²) in [6, 6.07) is 18.7. The van der Waals surface area contributed by atoms with E-state index in [1.54, 1.807) is 47.3 Å². The Kier molecular flexibility index (Phi) is 9.36. The number of anilines is 1. The topological polar surface area (TPSA) is 96.7 Å². The third-order valence-corrected chi connectivity index (χ3v) is 7.95. The largest absolute Gasteiger partial charge is 0.490 e. The number of carbonyl (C=O) groups excluding carboxylic acids is 1. The summed E-state index contributed by atoms with van der Waals surface area (Å²) in [5.74, 6) is -0.791. The molecule has 1 aliphatic heterocycles. The van der Waals surface area contributed by atoms with E-state index in [0.717, 1.165) is 42.8 Å². The normalized spacial score (nSPS) is 14.4. The van der Waals surface area contributed by atoms with Crippen LogP contribution >= 0.6 is 11.6 Å². The van der Waals surface area contributed by atoms with Crippen molar-refractivity contribution in [3.8, 4) is 17.0 Å². The van der Waals surface area contributed by atoms with Crippen LogP contribution in [-0.2, 0) is 23.3 Å². The Bertz CT molecular complexity index is 1620. The van der Waals surface area contributed by atoms with E-state index in [1.807, 2.05) is 39.0 Å². The fraction of sp³-hybridized carbons (Fsp3) is 0.324. The molecule has 1 aromatic heterocycles. The number of carboxylic acid groups (broad SMARTS) is 1. The Morgan fingerprint density at radius 3 is 2.36 bits per heavy atom. The average molecular weight is 619 g/mol. The third kappa shape index (κ3) is 7.65. The van der Waals surface area contributed by atoms with E-state index in [-0.39, 0.29) is 24.2 Å². The number of halogens is 2. The number of rotatable bonds is 9. The standard InChI is InChI=1S/C34H36ClFN4O4/c1-34(2,3)40-32(23-6-8-25(36)9-7-23)29(20-37-40)33(43)38-26-10-13-30(35)24(19-26)21-39-16-14-28(15-17-39)44-27-11-4-22(5-12-27)18-31(41)42/h4-13,19-20,28H,14-18,21H2,1-3H3,(H,38,43)(H,41,42). The van der Waals surface area contributed by atoms with Crippen molar-refractivity contribution in [2.24, 2.45) is 0 Å². The summed E-state index contributed by atoms with van der Waals surface area (Å²) < 4.78 is 21.6. The van der Waals surface area contributed by atoms with Crippen LogP contribution in [0.4, 0.5) is 10.1 Å². The van der Waals surface area contributed by atoms with Crippen LogP contribution in [0.5, 0.6) is 5.75 Å². The van der Waals surface area contributed by atoms with Crippen LogP contribution < -0.4 is 10.1 Å². The van der Waals surface area contributed by atoms with E-state index < -0.39 is 11.5 Å². The Morgan fingerprint density at radius 1 is 1.05 bits per heavy atom. The fourth-order valence-electron chi connectivity index (χ4n) is 5.36. The molecular formula is C34H36ClFN4O4. The molecule has 2 N–H and O–H groups in total. The maximum atomic E-state index is 13.7. The van der Waals surface area contributed by atoms with Gasteiger partial charge in [-0.2, -0.15) is 5.10 Å². The van der Waals surface area contributed by atoms with Crippen molar-refractivity contribution in [3.63, 3.8) is 0 Å². The van der Waals surface area contributed by atoms with Gasteiger partial charge in [-0.25, -0.2) is 4.39 Å². The van der Waals surface area contributed by atoms with Crippen molar-refractivity contribution in [3.05, 3.63) is 100 Å². The fourth-order valence-corrected chi connectivity index (χ4v) is 5.54. The number of carboxylic acids is 1. The molecule has 8 nitrogen and oxygen atoms in total. The first-order valence-electron chi connectivity index (χ1n) is 14.6. The smallest absolute Gasteiger partial charge is 0.307 e. The van der Waals surface area contributed by atoms with E-state index in [9.17, 15) is 14.0 Å². The molecule has 0 radical (unpaired) electrons. The molecule has 0 saturated carbocycles. The molecule has 1 amide bonds. The number of ether oxygens (including phenoxy) is 1. The van der Waals surface area contributed by atoms with Gasteiger partial charge in [0.1, 0.15) is 17.7 Å². The van der Waals surface area contributed by atoms with Crippen molar-refractivity contribution in [1.82, 2.24) is 14.7 Å². The number of benzene rings is 3. The Hall–Kier alpha value is -4.21. The number of likely N-dealkylation sites (tertiary alicyclic amines) is 1. The Labute approximate surface area is 261 Å². The van der Waals surface area contributed by atoms with Crippen LogP contribution in [0.2, 0.25) is 5.02 Å². The lowest BCUT2D eigenvalue weighted by molar-refractivity contribution is -0.136. The minimum absolute atomic E-state index is 0.00886. The highest BCUT2D eigenvalue weighted by Gasteiger charge is 2.26. The second-order valence-corrected chi connectivity index (χ2v) is 12.5.